The SMILES string of the molecule is CC(c1nc[nH]c(=O)c1F)C(F)P. The minimum Gasteiger partial charge on any atom is -0.311 e. The summed E-state index contributed by atoms with van der Waals surface area (Å²) >= 11 is 0. The summed E-state index contributed by atoms with van der Waals surface area (Å²) in [6.07, 6.45) is 1.06. The first kappa shape index (κ1) is 10.3. The van der Waals surface area contributed by atoms with E-state index in [-0.39, 0.29) is 5.69 Å². The van der Waals surface area contributed by atoms with Crippen LogP contribution in [-0.2, 0) is 0 Å². The first-order valence-corrected chi connectivity index (χ1v) is 4.33. The molecule has 1 aromatic heterocycles. The summed E-state index contributed by atoms with van der Waals surface area (Å²) in [5.74, 6) is -3.07. The van der Waals surface area contributed by atoms with Crippen molar-refractivity contribution < 1.29 is 8.78 Å². The molecule has 6 heteroatoms. The van der Waals surface area contributed by atoms with Gasteiger partial charge in [0.05, 0.1) is 12.0 Å². The van der Waals surface area contributed by atoms with Crippen molar-refractivity contribution in [2.24, 2.45) is 0 Å². The zero-order valence-electron chi connectivity index (χ0n) is 6.92. The molecule has 1 aromatic rings. The molecule has 3 nitrogen and oxygen atoms in total. The number of nitrogens with zero attached hydrogens (tertiary/aromatic N) is 1. The maximum atomic E-state index is 13.0. The molecule has 0 aliphatic carbocycles. The van der Waals surface area contributed by atoms with E-state index in [4.69, 9.17) is 0 Å². The smallest absolute Gasteiger partial charge is 0.287 e. The lowest BCUT2D eigenvalue weighted by atomic mass is 10.1. The Bertz CT molecular complexity index is 353. The number of hydrogen-bond donors (Lipinski definition) is 1. The third kappa shape index (κ3) is 2.10. The Kier molecular flexibility index (Phi) is 3.09. The molecule has 72 valence electrons. The first-order chi connectivity index (χ1) is 6.04. The Labute approximate surface area is 75.8 Å². The van der Waals surface area contributed by atoms with Crippen molar-refractivity contribution in [1.29, 1.82) is 0 Å². The van der Waals surface area contributed by atoms with Crippen molar-refractivity contribution in [2.45, 2.75) is 18.8 Å². The van der Waals surface area contributed by atoms with E-state index in [9.17, 15) is 13.6 Å². The number of hydrogen-bond acceptors (Lipinski definition) is 2. The summed E-state index contributed by atoms with van der Waals surface area (Å²) in [6, 6.07) is 0. The van der Waals surface area contributed by atoms with Crippen molar-refractivity contribution in [1.82, 2.24) is 9.97 Å². The Morgan fingerprint density at radius 3 is 2.85 bits per heavy atom. The molecule has 0 saturated carbocycles. The normalized spacial score (nSPS) is 15.4. The highest BCUT2D eigenvalue weighted by atomic mass is 31.0. The van der Waals surface area contributed by atoms with Crippen LogP contribution < -0.4 is 5.56 Å². The molecule has 0 saturated heterocycles. The zero-order chi connectivity index (χ0) is 10.0. The summed E-state index contributed by atoms with van der Waals surface area (Å²) in [7, 11) is 1.90. The van der Waals surface area contributed by atoms with Gasteiger partial charge in [0.15, 0.2) is 0 Å². The van der Waals surface area contributed by atoms with Gasteiger partial charge in [-0.25, -0.2) is 9.37 Å². The minimum absolute atomic E-state index is 0.147. The number of halogens is 2. The number of H-pyrrole nitrogens is 1. The van der Waals surface area contributed by atoms with Crippen LogP contribution in [0.2, 0.25) is 0 Å². The Morgan fingerprint density at radius 1 is 1.69 bits per heavy atom. The molecular weight excluding hydrogens is 197 g/mol. The van der Waals surface area contributed by atoms with Crippen LogP contribution in [0.5, 0.6) is 0 Å². The average Bonchev–Trinajstić information content (AvgIpc) is 2.08. The lowest BCUT2D eigenvalue weighted by molar-refractivity contribution is 0.388. The second kappa shape index (κ2) is 3.92. The van der Waals surface area contributed by atoms with Gasteiger partial charge in [-0.15, -0.1) is 9.24 Å². The highest BCUT2D eigenvalue weighted by molar-refractivity contribution is 7.17. The van der Waals surface area contributed by atoms with Crippen LogP contribution >= 0.6 is 9.24 Å². The van der Waals surface area contributed by atoms with Crippen LogP contribution in [-0.4, -0.2) is 15.9 Å². The third-order valence-corrected chi connectivity index (χ3v) is 2.31. The maximum Gasteiger partial charge on any atom is 0.287 e. The van der Waals surface area contributed by atoms with Gasteiger partial charge in [0.25, 0.3) is 5.56 Å². The number of nitrogens with one attached hydrogen (secondary N) is 1. The standard InChI is InChI=1S/C7H9F2N2OP/c1-3(6(9)13)5-4(8)7(12)11-2-10-5/h2-3,6H,13H2,1H3,(H,10,11,12). The fourth-order valence-electron chi connectivity index (χ4n) is 0.865. The molecule has 0 radical (unpaired) electrons. The van der Waals surface area contributed by atoms with E-state index in [0.717, 1.165) is 6.33 Å². The fourth-order valence-corrected chi connectivity index (χ4v) is 1.05. The summed E-state index contributed by atoms with van der Waals surface area (Å²) in [5.41, 5.74) is -1.02. The van der Waals surface area contributed by atoms with Gasteiger partial charge in [0, 0.05) is 5.92 Å². The van der Waals surface area contributed by atoms with Gasteiger partial charge < -0.3 is 4.98 Å². The van der Waals surface area contributed by atoms with E-state index < -0.39 is 23.2 Å². The summed E-state index contributed by atoms with van der Waals surface area (Å²) in [4.78, 5) is 16.4. The molecule has 1 rings (SSSR count). The van der Waals surface area contributed by atoms with Gasteiger partial charge >= 0.3 is 0 Å². The van der Waals surface area contributed by atoms with E-state index in [1.165, 1.54) is 6.92 Å². The molecule has 0 aliphatic heterocycles. The van der Waals surface area contributed by atoms with Crippen LogP contribution in [0.25, 0.3) is 0 Å². The highest BCUT2D eigenvalue weighted by Crippen LogP contribution is 2.24. The lowest BCUT2D eigenvalue weighted by Crippen LogP contribution is -2.18. The topological polar surface area (TPSA) is 45.8 Å². The average molecular weight is 206 g/mol. The second-order valence-corrected chi connectivity index (χ2v) is 3.30. The summed E-state index contributed by atoms with van der Waals surface area (Å²) in [5, 5.41) is 0. The Morgan fingerprint density at radius 2 is 2.31 bits per heavy atom. The van der Waals surface area contributed by atoms with Crippen molar-refractivity contribution in [3.63, 3.8) is 0 Å². The van der Waals surface area contributed by atoms with Gasteiger partial charge in [-0.2, -0.15) is 4.39 Å². The van der Waals surface area contributed by atoms with Crippen molar-refractivity contribution >= 4 is 9.24 Å². The van der Waals surface area contributed by atoms with Crippen molar-refractivity contribution in [3.05, 3.63) is 28.2 Å². The quantitative estimate of drug-likeness (QED) is 0.738. The monoisotopic (exact) mass is 206 g/mol. The third-order valence-electron chi connectivity index (χ3n) is 1.73. The molecule has 0 aromatic carbocycles. The molecule has 1 heterocycles. The molecule has 1 N–H and O–H groups in total. The summed E-state index contributed by atoms with van der Waals surface area (Å²) in [6.45, 7) is 1.46. The Balaban J connectivity index is 3.15. The maximum absolute atomic E-state index is 13.0. The van der Waals surface area contributed by atoms with Gasteiger partial charge in [0.1, 0.15) is 5.91 Å². The first-order valence-electron chi connectivity index (χ1n) is 3.66. The molecule has 0 spiro atoms. The van der Waals surface area contributed by atoms with Crippen LogP contribution in [0.1, 0.15) is 18.5 Å². The van der Waals surface area contributed by atoms with E-state index in [0.29, 0.717) is 0 Å². The number of rotatable bonds is 2. The highest BCUT2D eigenvalue weighted by Gasteiger charge is 2.20. The molecule has 13 heavy (non-hydrogen) atoms. The van der Waals surface area contributed by atoms with Gasteiger partial charge in [-0.05, 0) is 0 Å². The fraction of sp³-hybridized carbons (Fsp3) is 0.429. The number of aromatic amines is 1. The van der Waals surface area contributed by atoms with Crippen molar-refractivity contribution in [3.8, 4) is 0 Å². The van der Waals surface area contributed by atoms with E-state index in [1.54, 1.807) is 0 Å². The van der Waals surface area contributed by atoms with E-state index >= 15 is 0 Å². The molecule has 0 fully saturated rings. The number of alkyl halides is 1. The van der Waals surface area contributed by atoms with Crippen LogP contribution in [0, 0.1) is 5.82 Å². The second-order valence-electron chi connectivity index (χ2n) is 2.66. The molecule has 0 amide bonds. The molecule has 0 aliphatic rings. The molecule has 0 bridgehead atoms. The summed E-state index contributed by atoms with van der Waals surface area (Å²) < 4.78 is 25.8. The minimum atomic E-state index is -1.32. The van der Waals surface area contributed by atoms with Gasteiger partial charge in [-0.3, -0.25) is 4.79 Å². The van der Waals surface area contributed by atoms with E-state index in [1.807, 2.05) is 9.24 Å². The molecule has 3 atom stereocenters. The van der Waals surface area contributed by atoms with Crippen LogP contribution in [0.15, 0.2) is 11.1 Å². The van der Waals surface area contributed by atoms with E-state index in [2.05, 4.69) is 9.97 Å². The predicted octanol–water partition coefficient (Wildman–Crippen LogP) is 1.18. The van der Waals surface area contributed by atoms with Crippen LogP contribution in [0.3, 0.4) is 0 Å². The lowest BCUT2D eigenvalue weighted by Gasteiger charge is -2.11. The number of aromatic nitrogens is 2. The molecular formula is C7H9F2N2OP. The molecule has 3 unspecified atom stereocenters. The van der Waals surface area contributed by atoms with Crippen molar-refractivity contribution in [2.75, 3.05) is 0 Å². The van der Waals surface area contributed by atoms with Gasteiger partial charge in [0.2, 0.25) is 5.82 Å². The van der Waals surface area contributed by atoms with Crippen LogP contribution in [0.4, 0.5) is 8.78 Å². The zero-order valence-corrected chi connectivity index (χ0v) is 8.08. The largest absolute Gasteiger partial charge is 0.311 e. The predicted molar refractivity (Wildman–Crippen MR) is 47.8 cm³/mol. The van der Waals surface area contributed by atoms with Gasteiger partial charge in [-0.1, -0.05) is 6.92 Å². The Hall–Kier alpha value is -0.830.